The van der Waals surface area contributed by atoms with E-state index in [9.17, 15) is 28.6 Å². The lowest BCUT2D eigenvalue weighted by molar-refractivity contribution is -0.337. The quantitative estimate of drug-likeness (QED) is 0.439. The molecule has 2 rings (SSSR count). The maximum atomic E-state index is 14.0. The molecule has 1 unspecified atom stereocenters. The molecule has 0 heterocycles. The summed E-state index contributed by atoms with van der Waals surface area (Å²) in [5, 5.41) is 20.8. The van der Waals surface area contributed by atoms with E-state index in [4.69, 9.17) is 4.74 Å². The lowest BCUT2D eigenvalue weighted by Gasteiger charge is -2.31. The number of phenols is 1. The summed E-state index contributed by atoms with van der Waals surface area (Å²) in [7, 11) is 0. The number of rotatable bonds is 5. The Labute approximate surface area is 164 Å². The lowest BCUT2D eigenvalue weighted by Crippen LogP contribution is -2.53. The molecule has 0 amide bonds. The molecule has 1 N–H and O–H groups in total. The van der Waals surface area contributed by atoms with Gasteiger partial charge in [0.2, 0.25) is 0 Å². The van der Waals surface area contributed by atoms with E-state index in [0.29, 0.717) is 32.8 Å². The molecule has 0 spiro atoms. The third-order valence-electron chi connectivity index (χ3n) is 3.94. The zero-order valence-corrected chi connectivity index (χ0v) is 16.5. The number of hydrogen-bond acceptors (Lipinski definition) is 5. The van der Waals surface area contributed by atoms with Crippen molar-refractivity contribution in [1.82, 2.24) is 0 Å². The molecule has 9 heteroatoms. The lowest BCUT2D eigenvalue weighted by atomic mass is 9.95. The molecule has 0 aromatic heterocycles. The number of carboxylic acid groups (broad SMARTS) is 1. The number of halogens is 4. The van der Waals surface area contributed by atoms with Crippen molar-refractivity contribution in [3.63, 3.8) is 0 Å². The maximum absolute atomic E-state index is 14.0. The molecule has 1 aromatic carbocycles. The molecular weight excluding hydrogens is 552 g/mol. The summed E-state index contributed by atoms with van der Waals surface area (Å²) < 4.78 is 33.8. The molecule has 132 valence electrons. The van der Waals surface area contributed by atoms with E-state index in [1.807, 2.05) is 22.6 Å². The Kier molecular flexibility index (Phi) is 6.26. The second-order valence-electron chi connectivity index (χ2n) is 5.56. The number of carbonyl (C=O) groups excluding carboxylic acids is 2. The van der Waals surface area contributed by atoms with E-state index in [0.717, 1.165) is 0 Å². The summed E-state index contributed by atoms with van der Waals surface area (Å²) in [5.41, 5.74) is -0.275. The molecule has 1 fully saturated rings. The molecule has 5 nitrogen and oxygen atoms in total. The predicted octanol–water partition coefficient (Wildman–Crippen LogP) is 2.70. The highest BCUT2D eigenvalue weighted by atomic mass is 127. The molecule has 1 aliphatic carbocycles. The van der Waals surface area contributed by atoms with Gasteiger partial charge in [0.25, 0.3) is 0 Å². The molecule has 0 saturated heterocycles. The Balaban J connectivity index is 2.33. The molecule has 0 aliphatic heterocycles. The number of phenolic OH excluding ortho intramolecular Hbond substituents is 1. The fraction of sp³-hybridized carbons (Fsp3) is 0.467. The van der Waals surface area contributed by atoms with Gasteiger partial charge in [-0.1, -0.05) is 12.8 Å². The number of ether oxygens (including phenoxy) is 1. The monoisotopic (exact) mass is 565 g/mol. The van der Waals surface area contributed by atoms with Crippen LogP contribution in [0, 0.1) is 13.1 Å². The van der Waals surface area contributed by atoms with Crippen LogP contribution in [0.25, 0.3) is 0 Å². The van der Waals surface area contributed by atoms with Crippen molar-refractivity contribution >= 4 is 57.1 Å². The third-order valence-corrected chi connectivity index (χ3v) is 5.38. The number of carboxylic acids is 1. The minimum atomic E-state index is -4.30. The predicted molar refractivity (Wildman–Crippen MR) is 94.7 cm³/mol. The zero-order chi connectivity index (χ0) is 18.1. The topological polar surface area (TPSA) is 86.7 Å². The van der Waals surface area contributed by atoms with E-state index < -0.39 is 29.9 Å². The Hall–Kier alpha value is -0.720. The van der Waals surface area contributed by atoms with Gasteiger partial charge in [-0.15, -0.1) is 0 Å². The van der Waals surface area contributed by atoms with Crippen LogP contribution >= 0.6 is 45.2 Å². The second-order valence-corrected chi connectivity index (χ2v) is 7.97. The Morgan fingerprint density at radius 3 is 2.42 bits per heavy atom. The van der Waals surface area contributed by atoms with Crippen molar-refractivity contribution in [2.75, 3.05) is 0 Å². The van der Waals surface area contributed by atoms with E-state index in [2.05, 4.69) is 0 Å². The Morgan fingerprint density at radius 2 is 1.88 bits per heavy atom. The average molecular weight is 565 g/mol. The largest absolute Gasteiger partial charge is 0.544 e. The van der Waals surface area contributed by atoms with Crippen molar-refractivity contribution < 1.29 is 33.3 Å². The van der Waals surface area contributed by atoms with Crippen molar-refractivity contribution in [1.29, 1.82) is 0 Å². The van der Waals surface area contributed by atoms with Gasteiger partial charge in [0.15, 0.2) is 6.10 Å². The molecule has 1 atom stereocenters. The van der Waals surface area contributed by atoms with Crippen molar-refractivity contribution in [2.24, 2.45) is 5.92 Å². The van der Waals surface area contributed by atoms with Gasteiger partial charge in [0.05, 0.1) is 3.57 Å². The second kappa shape index (κ2) is 7.67. The van der Waals surface area contributed by atoms with Gasteiger partial charge in [-0.05, 0) is 70.2 Å². The Morgan fingerprint density at radius 1 is 1.29 bits per heavy atom. The fourth-order valence-electron chi connectivity index (χ4n) is 2.74. The van der Waals surface area contributed by atoms with Crippen LogP contribution < -0.4 is 5.11 Å². The van der Waals surface area contributed by atoms with Gasteiger partial charge in [-0.2, -0.15) is 8.78 Å². The summed E-state index contributed by atoms with van der Waals surface area (Å²) in [5.74, 6) is -9.20. The van der Waals surface area contributed by atoms with Crippen molar-refractivity contribution in [3.05, 3.63) is 24.8 Å². The van der Waals surface area contributed by atoms with Crippen LogP contribution in [0.4, 0.5) is 8.78 Å². The summed E-state index contributed by atoms with van der Waals surface area (Å²) in [6.07, 6.45) is -0.108. The van der Waals surface area contributed by atoms with Gasteiger partial charge in [-0.25, -0.2) is 4.79 Å². The third kappa shape index (κ3) is 4.09. The molecular formula is C15H13F2I2O5-. The molecule has 0 radical (unpaired) electrons. The molecule has 24 heavy (non-hydrogen) atoms. The summed E-state index contributed by atoms with van der Waals surface area (Å²) in [6.45, 7) is 0. The fourth-order valence-corrected chi connectivity index (χ4v) is 4.59. The van der Waals surface area contributed by atoms with Crippen LogP contribution in [0.5, 0.6) is 5.75 Å². The first-order chi connectivity index (χ1) is 11.1. The molecule has 1 aliphatic rings. The Bertz CT molecular complexity index is 660. The van der Waals surface area contributed by atoms with E-state index in [1.165, 1.54) is 6.07 Å². The standard InChI is InChI=1S/C15H14F2I2O5/c16-15(17,14(22)23)12(7-3-1-2-4-7)24-13(21)9-5-8(18)6-10(19)11(9)20/h5-7,12,20H,1-4H2,(H,22,23)/p-1. The van der Waals surface area contributed by atoms with Gasteiger partial charge in [-0.3, -0.25) is 0 Å². The maximum Gasteiger partial charge on any atom is 0.342 e. The van der Waals surface area contributed by atoms with Crippen LogP contribution in [-0.2, 0) is 9.53 Å². The highest BCUT2D eigenvalue weighted by molar-refractivity contribution is 14.1. The summed E-state index contributed by atoms with van der Waals surface area (Å²) in [4.78, 5) is 23.1. The van der Waals surface area contributed by atoms with Gasteiger partial charge < -0.3 is 19.7 Å². The van der Waals surface area contributed by atoms with Gasteiger partial charge in [0.1, 0.15) is 17.3 Å². The van der Waals surface area contributed by atoms with Gasteiger partial charge in [0, 0.05) is 9.49 Å². The number of esters is 1. The number of aromatic hydroxyl groups is 1. The summed E-state index contributed by atoms with van der Waals surface area (Å²) >= 11 is 3.70. The highest BCUT2D eigenvalue weighted by Crippen LogP contribution is 2.38. The SMILES string of the molecule is O=C(OC(C1CCCC1)C(F)(F)C(=O)[O-])c1cc(I)cc(I)c1O. The number of hydrogen-bond donors (Lipinski definition) is 1. The summed E-state index contributed by atoms with van der Waals surface area (Å²) in [6, 6.07) is 2.89. The van der Waals surface area contributed by atoms with Crippen LogP contribution in [0.3, 0.4) is 0 Å². The van der Waals surface area contributed by atoms with Crippen LogP contribution in [0.2, 0.25) is 0 Å². The molecule has 1 saturated carbocycles. The van der Waals surface area contributed by atoms with Crippen LogP contribution in [0.1, 0.15) is 36.0 Å². The highest BCUT2D eigenvalue weighted by Gasteiger charge is 2.49. The average Bonchev–Trinajstić information content (AvgIpc) is 3.01. The van der Waals surface area contributed by atoms with Crippen molar-refractivity contribution in [2.45, 2.75) is 37.7 Å². The first kappa shape index (κ1) is 19.6. The molecule has 0 bridgehead atoms. The van der Waals surface area contributed by atoms with E-state index >= 15 is 0 Å². The number of alkyl halides is 2. The number of benzene rings is 1. The van der Waals surface area contributed by atoms with Gasteiger partial charge >= 0.3 is 11.9 Å². The number of aliphatic carboxylic acids is 1. The normalized spacial score (nSPS) is 16.8. The molecule has 1 aromatic rings. The van der Waals surface area contributed by atoms with Crippen molar-refractivity contribution in [3.8, 4) is 5.75 Å². The van der Waals surface area contributed by atoms with E-state index in [-0.39, 0.29) is 11.3 Å². The van der Waals surface area contributed by atoms with E-state index in [1.54, 1.807) is 28.7 Å². The smallest absolute Gasteiger partial charge is 0.342 e. The first-order valence-corrected chi connectivity index (χ1v) is 9.28. The minimum Gasteiger partial charge on any atom is -0.544 e. The zero-order valence-electron chi connectivity index (χ0n) is 12.2. The van der Waals surface area contributed by atoms with Crippen LogP contribution in [-0.4, -0.2) is 29.1 Å². The van der Waals surface area contributed by atoms with Crippen LogP contribution in [0.15, 0.2) is 12.1 Å². The number of carbonyl (C=O) groups is 2. The first-order valence-electron chi connectivity index (χ1n) is 7.12. The minimum absolute atomic E-state index is 0.275.